The Kier molecular flexibility index (Phi) is 7.19. The van der Waals surface area contributed by atoms with Crippen molar-refractivity contribution in [2.45, 2.75) is 43.7 Å². The van der Waals surface area contributed by atoms with Crippen molar-refractivity contribution in [3.8, 4) is 11.5 Å². The fourth-order valence-electron chi connectivity index (χ4n) is 5.13. The Morgan fingerprint density at radius 3 is 2.21 bits per heavy atom. The van der Waals surface area contributed by atoms with Gasteiger partial charge in [0, 0.05) is 30.3 Å². The maximum Gasteiger partial charge on any atom is 0.416 e. The number of nitrogens with zero attached hydrogens (tertiary/aromatic N) is 1. The van der Waals surface area contributed by atoms with Gasteiger partial charge >= 0.3 is 18.4 Å². The molecule has 0 fully saturated rings. The molecule has 0 saturated carbocycles. The molecule has 38 heavy (non-hydrogen) atoms. The minimum Gasteiger partial charge on any atom is -0.493 e. The molecule has 0 saturated heterocycles. The predicted molar refractivity (Wildman–Crippen MR) is 127 cm³/mol. The highest BCUT2D eigenvalue weighted by Gasteiger charge is 2.45. The molecule has 0 spiro atoms. The molecule has 2 aromatic carbocycles. The molecule has 2 aliphatic rings. The van der Waals surface area contributed by atoms with E-state index in [4.69, 9.17) is 14.2 Å². The van der Waals surface area contributed by atoms with Crippen molar-refractivity contribution in [1.29, 1.82) is 0 Å². The Morgan fingerprint density at radius 1 is 0.974 bits per heavy atom. The number of nitrogens with one attached hydrogen (secondary N) is 1. The first-order valence-electron chi connectivity index (χ1n) is 11.7. The standard InChI is InChI=1S/C26H26F6N2O4/c1-13-7-14(17-9-22(36-2)23(37-3)11-20(17)33-13)12-34(24(35)38-4)21-10-19(26(30,31)32)18-8-15(25(27,28)29)5-6-16(18)21/h5-6,8-11,13-14,21,33H,7,12H2,1-4H3. The summed E-state index contributed by atoms with van der Waals surface area (Å²) in [6.45, 7) is 1.86. The van der Waals surface area contributed by atoms with Crippen molar-refractivity contribution in [1.82, 2.24) is 4.90 Å². The van der Waals surface area contributed by atoms with E-state index in [0.29, 0.717) is 35.7 Å². The van der Waals surface area contributed by atoms with Gasteiger partial charge in [-0.3, -0.25) is 4.90 Å². The van der Waals surface area contributed by atoms with E-state index >= 15 is 0 Å². The maximum atomic E-state index is 13.9. The minimum absolute atomic E-state index is 0.0587. The van der Waals surface area contributed by atoms with Crippen molar-refractivity contribution in [2.24, 2.45) is 0 Å². The highest BCUT2D eigenvalue weighted by atomic mass is 19.4. The van der Waals surface area contributed by atoms with Crippen molar-refractivity contribution in [3.05, 3.63) is 58.7 Å². The van der Waals surface area contributed by atoms with Gasteiger partial charge in [0.1, 0.15) is 0 Å². The highest BCUT2D eigenvalue weighted by Crippen LogP contribution is 2.49. The SMILES string of the molecule is COC(=O)N(CC1CC(C)Nc2cc(OC)c(OC)cc21)C1C=C(C(F)(F)F)c2cc(C(F)(F)F)ccc21. The number of fused-ring (bicyclic) bond motifs is 2. The number of carbonyl (C=O) groups is 1. The average Bonchev–Trinajstić information content (AvgIpc) is 3.24. The van der Waals surface area contributed by atoms with Gasteiger partial charge in [-0.25, -0.2) is 4.79 Å². The lowest BCUT2D eigenvalue weighted by atomic mass is 9.86. The number of alkyl halides is 6. The molecule has 1 amide bonds. The summed E-state index contributed by atoms with van der Waals surface area (Å²) in [5.41, 5.74) is -1.66. The van der Waals surface area contributed by atoms with Crippen LogP contribution in [-0.4, -0.2) is 51.1 Å². The number of allylic oxidation sites excluding steroid dienone is 1. The zero-order chi connectivity index (χ0) is 28.0. The second-order valence-corrected chi connectivity index (χ2v) is 9.22. The van der Waals surface area contributed by atoms with Crippen LogP contribution in [0.3, 0.4) is 0 Å². The summed E-state index contributed by atoms with van der Waals surface area (Å²) >= 11 is 0. The molecule has 0 aromatic heterocycles. The number of ether oxygens (including phenoxy) is 3. The Bertz CT molecular complexity index is 1260. The zero-order valence-corrected chi connectivity index (χ0v) is 21.0. The Labute approximate surface area is 215 Å². The summed E-state index contributed by atoms with van der Waals surface area (Å²) in [5.74, 6) is 0.545. The molecular formula is C26H26F6N2O4. The third-order valence-electron chi connectivity index (χ3n) is 6.82. The van der Waals surface area contributed by atoms with Gasteiger partial charge in [0.05, 0.1) is 38.5 Å². The van der Waals surface area contributed by atoms with E-state index in [1.54, 1.807) is 12.1 Å². The van der Waals surface area contributed by atoms with Crippen molar-refractivity contribution < 1.29 is 45.3 Å². The van der Waals surface area contributed by atoms with E-state index in [0.717, 1.165) is 29.7 Å². The van der Waals surface area contributed by atoms with Gasteiger partial charge in [-0.05, 0) is 54.3 Å². The Hall–Kier alpha value is -3.57. The van der Waals surface area contributed by atoms with Gasteiger partial charge < -0.3 is 19.5 Å². The summed E-state index contributed by atoms with van der Waals surface area (Å²) in [5, 5.41) is 3.33. The van der Waals surface area contributed by atoms with Gasteiger partial charge in [0.15, 0.2) is 11.5 Å². The summed E-state index contributed by atoms with van der Waals surface area (Å²) in [6, 6.07) is 4.31. The van der Waals surface area contributed by atoms with E-state index in [1.807, 2.05) is 6.92 Å². The summed E-state index contributed by atoms with van der Waals surface area (Å²) < 4.78 is 97.4. The highest BCUT2D eigenvalue weighted by molar-refractivity contribution is 5.80. The molecule has 1 aliphatic carbocycles. The molecular weight excluding hydrogens is 518 g/mol. The number of carbonyl (C=O) groups excluding carboxylic acids is 1. The molecule has 2 aromatic rings. The first-order chi connectivity index (χ1) is 17.8. The summed E-state index contributed by atoms with van der Waals surface area (Å²) in [7, 11) is 4.05. The fraction of sp³-hybridized carbons (Fsp3) is 0.423. The van der Waals surface area contributed by atoms with Crippen LogP contribution in [0.25, 0.3) is 5.57 Å². The van der Waals surface area contributed by atoms with Crippen LogP contribution in [0.15, 0.2) is 36.4 Å². The smallest absolute Gasteiger partial charge is 0.416 e. The molecule has 1 N–H and O–H groups in total. The third kappa shape index (κ3) is 5.08. The van der Waals surface area contributed by atoms with Crippen LogP contribution < -0.4 is 14.8 Å². The van der Waals surface area contributed by atoms with E-state index < -0.39 is 41.2 Å². The second kappa shape index (κ2) is 9.95. The van der Waals surface area contributed by atoms with Crippen molar-refractivity contribution >= 4 is 17.4 Å². The number of halogens is 6. The number of hydrogen-bond acceptors (Lipinski definition) is 5. The van der Waals surface area contributed by atoms with E-state index in [9.17, 15) is 31.1 Å². The fourth-order valence-corrected chi connectivity index (χ4v) is 5.13. The quantitative estimate of drug-likeness (QED) is 0.421. The maximum absolute atomic E-state index is 13.9. The molecule has 0 bridgehead atoms. The topological polar surface area (TPSA) is 60.0 Å². The second-order valence-electron chi connectivity index (χ2n) is 9.22. The normalized spacial score (nSPS) is 20.6. The molecule has 4 rings (SSSR count). The molecule has 12 heteroatoms. The molecule has 3 atom stereocenters. The minimum atomic E-state index is -4.94. The van der Waals surface area contributed by atoms with Crippen LogP contribution in [0, 0.1) is 0 Å². The lowest BCUT2D eigenvalue weighted by Gasteiger charge is -2.37. The Morgan fingerprint density at radius 2 is 1.63 bits per heavy atom. The number of methoxy groups -OCH3 is 3. The van der Waals surface area contributed by atoms with E-state index in [1.165, 1.54) is 14.2 Å². The van der Waals surface area contributed by atoms with Crippen LogP contribution in [0.2, 0.25) is 0 Å². The first kappa shape index (κ1) is 27.5. The number of amides is 1. The number of benzene rings is 2. The lowest BCUT2D eigenvalue weighted by Crippen LogP contribution is -2.39. The predicted octanol–water partition coefficient (Wildman–Crippen LogP) is 6.78. The van der Waals surface area contributed by atoms with Crippen LogP contribution in [0.4, 0.5) is 36.8 Å². The average molecular weight is 544 g/mol. The van der Waals surface area contributed by atoms with Gasteiger partial charge in [-0.2, -0.15) is 26.3 Å². The Balaban J connectivity index is 1.79. The van der Waals surface area contributed by atoms with E-state index in [-0.39, 0.29) is 24.1 Å². The zero-order valence-electron chi connectivity index (χ0n) is 21.0. The molecule has 1 heterocycles. The molecule has 3 unspecified atom stereocenters. The van der Waals surface area contributed by atoms with Gasteiger partial charge in [0.25, 0.3) is 0 Å². The number of anilines is 1. The molecule has 0 radical (unpaired) electrons. The summed E-state index contributed by atoms with van der Waals surface area (Å²) in [6.07, 6.45) is -9.38. The van der Waals surface area contributed by atoms with Crippen LogP contribution in [-0.2, 0) is 10.9 Å². The van der Waals surface area contributed by atoms with Crippen LogP contribution >= 0.6 is 0 Å². The number of hydrogen-bond donors (Lipinski definition) is 1. The molecule has 1 aliphatic heterocycles. The monoisotopic (exact) mass is 544 g/mol. The van der Waals surface area contributed by atoms with Gasteiger partial charge in [0.2, 0.25) is 0 Å². The van der Waals surface area contributed by atoms with Gasteiger partial charge in [-0.1, -0.05) is 6.07 Å². The third-order valence-corrected chi connectivity index (χ3v) is 6.82. The van der Waals surface area contributed by atoms with Crippen LogP contribution in [0.5, 0.6) is 11.5 Å². The molecule has 206 valence electrons. The van der Waals surface area contributed by atoms with Crippen molar-refractivity contribution in [3.63, 3.8) is 0 Å². The largest absolute Gasteiger partial charge is 0.493 e. The van der Waals surface area contributed by atoms with Crippen molar-refractivity contribution in [2.75, 3.05) is 33.2 Å². The molecule has 6 nitrogen and oxygen atoms in total. The van der Waals surface area contributed by atoms with E-state index in [2.05, 4.69) is 5.32 Å². The summed E-state index contributed by atoms with van der Waals surface area (Å²) in [4.78, 5) is 14.1. The number of rotatable bonds is 5. The lowest BCUT2D eigenvalue weighted by molar-refractivity contribution is -0.137. The first-order valence-corrected chi connectivity index (χ1v) is 11.7. The van der Waals surface area contributed by atoms with Crippen LogP contribution in [0.1, 0.15) is 47.6 Å². The van der Waals surface area contributed by atoms with Gasteiger partial charge in [-0.15, -0.1) is 0 Å².